The summed E-state index contributed by atoms with van der Waals surface area (Å²) in [6, 6.07) is 4.14. The first-order chi connectivity index (χ1) is 8.10. The smallest absolute Gasteiger partial charge is 0.168 e. The molecule has 0 radical (unpaired) electrons. The van der Waals surface area contributed by atoms with Crippen LogP contribution in [0, 0.1) is 5.92 Å². The van der Waals surface area contributed by atoms with Gasteiger partial charge >= 0.3 is 0 Å². The highest BCUT2D eigenvalue weighted by Crippen LogP contribution is 2.46. The van der Waals surface area contributed by atoms with Gasteiger partial charge in [0.2, 0.25) is 0 Å². The molecule has 92 valence electrons. The van der Waals surface area contributed by atoms with Gasteiger partial charge in [-0.2, -0.15) is 0 Å². The van der Waals surface area contributed by atoms with Gasteiger partial charge < -0.3 is 9.47 Å². The zero-order valence-corrected chi connectivity index (χ0v) is 11.3. The highest BCUT2D eigenvalue weighted by atomic mass is 16.5. The van der Waals surface area contributed by atoms with E-state index in [9.17, 15) is 0 Å². The van der Waals surface area contributed by atoms with Crippen molar-refractivity contribution < 1.29 is 9.47 Å². The Morgan fingerprint density at radius 3 is 2.35 bits per heavy atom. The van der Waals surface area contributed by atoms with Gasteiger partial charge in [0.25, 0.3) is 0 Å². The zero-order valence-electron chi connectivity index (χ0n) is 11.3. The molecule has 2 nitrogen and oxygen atoms in total. The molecule has 0 unspecified atom stereocenters. The maximum Gasteiger partial charge on any atom is 0.168 e. The van der Waals surface area contributed by atoms with Crippen LogP contribution in [-0.4, -0.2) is 14.2 Å². The molecule has 2 heteroatoms. The van der Waals surface area contributed by atoms with Crippen molar-refractivity contribution in [1.82, 2.24) is 0 Å². The zero-order chi connectivity index (χ0) is 12.6. The van der Waals surface area contributed by atoms with E-state index in [1.807, 2.05) is 6.07 Å². The summed E-state index contributed by atoms with van der Waals surface area (Å²) < 4.78 is 10.9. The first-order valence-corrected chi connectivity index (χ1v) is 6.04. The van der Waals surface area contributed by atoms with Crippen LogP contribution in [0.3, 0.4) is 0 Å². The van der Waals surface area contributed by atoms with Gasteiger partial charge in [0.05, 0.1) is 14.2 Å². The molecule has 0 aliphatic heterocycles. The molecule has 17 heavy (non-hydrogen) atoms. The van der Waals surface area contributed by atoms with Crippen LogP contribution in [0.4, 0.5) is 0 Å². The van der Waals surface area contributed by atoms with Crippen LogP contribution in [0.2, 0.25) is 0 Å². The van der Waals surface area contributed by atoms with Crippen LogP contribution in [0.15, 0.2) is 17.7 Å². The lowest BCUT2D eigenvalue weighted by atomic mass is 9.94. The van der Waals surface area contributed by atoms with Gasteiger partial charge in [-0.1, -0.05) is 25.5 Å². The molecule has 0 amide bonds. The number of fused-ring (bicyclic) bond motifs is 1. The molecule has 0 bridgehead atoms. The molecule has 2 rings (SSSR count). The molecule has 0 atom stereocenters. The highest BCUT2D eigenvalue weighted by Gasteiger charge is 2.26. The predicted octanol–water partition coefficient (Wildman–Crippen LogP) is 3.69. The fourth-order valence-electron chi connectivity index (χ4n) is 2.79. The molecule has 0 N–H and O–H groups in total. The second-order valence-electron chi connectivity index (χ2n) is 4.86. The number of hydrogen-bond acceptors (Lipinski definition) is 2. The molecular formula is C15H20O2. The average molecular weight is 232 g/mol. The van der Waals surface area contributed by atoms with Gasteiger partial charge in [-0.3, -0.25) is 0 Å². The summed E-state index contributed by atoms with van der Waals surface area (Å²) in [6.07, 6.45) is 1.03. The lowest BCUT2D eigenvalue weighted by Gasteiger charge is -2.17. The van der Waals surface area contributed by atoms with E-state index in [1.54, 1.807) is 14.2 Å². The molecule has 1 aliphatic rings. The monoisotopic (exact) mass is 232 g/mol. The van der Waals surface area contributed by atoms with Gasteiger partial charge in [0.1, 0.15) is 0 Å². The summed E-state index contributed by atoms with van der Waals surface area (Å²) in [7, 11) is 3.40. The van der Waals surface area contributed by atoms with E-state index in [4.69, 9.17) is 9.47 Å². The molecule has 0 spiro atoms. The lowest BCUT2D eigenvalue weighted by molar-refractivity contribution is 0.353. The molecule has 0 saturated heterocycles. The van der Waals surface area contributed by atoms with E-state index < -0.39 is 0 Å². The maximum absolute atomic E-state index is 5.55. The average Bonchev–Trinajstić information content (AvgIpc) is 2.63. The third-order valence-electron chi connectivity index (χ3n) is 3.39. The van der Waals surface area contributed by atoms with Crippen molar-refractivity contribution in [2.24, 2.45) is 5.92 Å². The van der Waals surface area contributed by atoms with E-state index in [0.717, 1.165) is 17.9 Å². The SMILES string of the molecule is COc1ccc2c(c1OC)C(C(C)C)=C(C)C2. The van der Waals surface area contributed by atoms with Gasteiger partial charge in [0, 0.05) is 5.56 Å². The van der Waals surface area contributed by atoms with Gasteiger partial charge in [0.15, 0.2) is 11.5 Å². The maximum atomic E-state index is 5.55. The Kier molecular flexibility index (Phi) is 3.14. The topological polar surface area (TPSA) is 18.5 Å². The summed E-state index contributed by atoms with van der Waals surface area (Å²) in [4.78, 5) is 0. The van der Waals surface area contributed by atoms with Gasteiger partial charge in [-0.15, -0.1) is 0 Å². The van der Waals surface area contributed by atoms with E-state index in [0.29, 0.717) is 5.92 Å². The van der Waals surface area contributed by atoms with Crippen LogP contribution in [0.1, 0.15) is 31.9 Å². The molecule has 0 aromatic heterocycles. The van der Waals surface area contributed by atoms with Gasteiger partial charge in [-0.25, -0.2) is 0 Å². The Morgan fingerprint density at radius 1 is 1.12 bits per heavy atom. The van der Waals surface area contributed by atoms with Crippen LogP contribution in [-0.2, 0) is 6.42 Å². The van der Waals surface area contributed by atoms with E-state index in [-0.39, 0.29) is 0 Å². The number of hydrogen-bond donors (Lipinski definition) is 0. The molecule has 0 saturated carbocycles. The number of benzene rings is 1. The number of methoxy groups -OCH3 is 2. The first kappa shape index (κ1) is 12.0. The van der Waals surface area contributed by atoms with Crippen molar-refractivity contribution in [3.05, 3.63) is 28.8 Å². The minimum atomic E-state index is 0.511. The number of ether oxygens (including phenoxy) is 2. The normalized spacial score (nSPS) is 14.2. The largest absolute Gasteiger partial charge is 0.493 e. The fraction of sp³-hybridized carbons (Fsp3) is 0.467. The summed E-state index contributed by atoms with van der Waals surface area (Å²) in [5, 5.41) is 0. The van der Waals surface area contributed by atoms with Crippen molar-refractivity contribution in [2.75, 3.05) is 14.2 Å². The highest BCUT2D eigenvalue weighted by molar-refractivity contribution is 5.82. The molecule has 0 heterocycles. The summed E-state index contributed by atoms with van der Waals surface area (Å²) in [5.74, 6) is 2.21. The summed E-state index contributed by atoms with van der Waals surface area (Å²) >= 11 is 0. The van der Waals surface area contributed by atoms with Crippen LogP contribution >= 0.6 is 0 Å². The fourth-order valence-corrected chi connectivity index (χ4v) is 2.79. The van der Waals surface area contributed by atoms with E-state index in [1.165, 1.54) is 22.3 Å². The second-order valence-corrected chi connectivity index (χ2v) is 4.86. The molecule has 0 fully saturated rings. The molecule has 1 aliphatic carbocycles. The van der Waals surface area contributed by atoms with Crippen molar-refractivity contribution in [3.63, 3.8) is 0 Å². The van der Waals surface area contributed by atoms with Crippen LogP contribution in [0.25, 0.3) is 5.57 Å². The first-order valence-electron chi connectivity index (χ1n) is 6.04. The van der Waals surface area contributed by atoms with Crippen molar-refractivity contribution in [3.8, 4) is 11.5 Å². The Hall–Kier alpha value is -1.44. The van der Waals surface area contributed by atoms with Crippen molar-refractivity contribution in [1.29, 1.82) is 0 Å². The lowest BCUT2D eigenvalue weighted by Crippen LogP contribution is -1.99. The Balaban J connectivity index is 2.66. The second kappa shape index (κ2) is 4.44. The molecular weight excluding hydrogens is 212 g/mol. The number of rotatable bonds is 3. The minimum Gasteiger partial charge on any atom is -0.493 e. The quantitative estimate of drug-likeness (QED) is 0.791. The Bertz CT molecular complexity index is 470. The molecule has 1 aromatic carbocycles. The van der Waals surface area contributed by atoms with Gasteiger partial charge in [-0.05, 0) is 36.5 Å². The Morgan fingerprint density at radius 2 is 1.82 bits per heavy atom. The standard InChI is InChI=1S/C15H20O2/c1-9(2)13-10(3)8-11-6-7-12(16-4)15(17-5)14(11)13/h6-7,9H,8H2,1-5H3. The third kappa shape index (κ3) is 1.82. The van der Waals surface area contributed by atoms with Crippen molar-refractivity contribution >= 4 is 5.57 Å². The summed E-state index contributed by atoms with van der Waals surface area (Å²) in [6.45, 7) is 6.67. The number of allylic oxidation sites excluding steroid dienone is 2. The van der Waals surface area contributed by atoms with Crippen molar-refractivity contribution in [2.45, 2.75) is 27.2 Å². The van der Waals surface area contributed by atoms with Crippen LogP contribution < -0.4 is 9.47 Å². The van der Waals surface area contributed by atoms with E-state index >= 15 is 0 Å². The molecule has 1 aromatic rings. The minimum absolute atomic E-state index is 0.511. The third-order valence-corrected chi connectivity index (χ3v) is 3.39. The van der Waals surface area contributed by atoms with Crippen LogP contribution in [0.5, 0.6) is 11.5 Å². The van der Waals surface area contributed by atoms with E-state index in [2.05, 4.69) is 26.8 Å². The Labute approximate surface area is 103 Å². The predicted molar refractivity (Wildman–Crippen MR) is 70.7 cm³/mol. The summed E-state index contributed by atoms with van der Waals surface area (Å²) in [5.41, 5.74) is 5.46.